The van der Waals surface area contributed by atoms with Crippen molar-refractivity contribution >= 4 is 23.9 Å². The topological polar surface area (TPSA) is 127 Å². The van der Waals surface area contributed by atoms with Crippen LogP contribution in [0.15, 0.2) is 18.3 Å². The zero-order chi connectivity index (χ0) is 14.4. The van der Waals surface area contributed by atoms with Gasteiger partial charge in [0.1, 0.15) is 6.04 Å². The van der Waals surface area contributed by atoms with E-state index in [0.29, 0.717) is 5.69 Å². The van der Waals surface area contributed by atoms with Crippen molar-refractivity contribution in [1.29, 1.82) is 0 Å². The molecule has 1 aromatic rings. The predicted octanol–water partition coefficient (Wildman–Crippen LogP) is -1.12. The number of hydrogen-bond donors (Lipinski definition) is 3. The zero-order valence-electron chi connectivity index (χ0n) is 10.2. The minimum Gasteiger partial charge on any atom is -0.480 e. The molecular formula is C11H14N4O4. The van der Waals surface area contributed by atoms with Gasteiger partial charge in [-0.3, -0.25) is 14.3 Å². The number of carboxylic acid groups (broad SMARTS) is 1. The molecule has 19 heavy (non-hydrogen) atoms. The first-order valence-electron chi connectivity index (χ1n) is 5.38. The van der Waals surface area contributed by atoms with Crippen molar-refractivity contribution in [2.75, 3.05) is 0 Å². The first-order chi connectivity index (χ1) is 8.90. The van der Waals surface area contributed by atoms with Gasteiger partial charge in [0.25, 0.3) is 0 Å². The Hall–Kier alpha value is -2.64. The van der Waals surface area contributed by atoms with E-state index in [-0.39, 0.29) is 0 Å². The third-order valence-corrected chi connectivity index (χ3v) is 2.28. The van der Waals surface area contributed by atoms with Crippen LogP contribution in [0, 0.1) is 0 Å². The number of aliphatic carboxylic acids is 1. The summed E-state index contributed by atoms with van der Waals surface area (Å²) in [5, 5.41) is 14.9. The highest BCUT2D eigenvalue weighted by molar-refractivity contribution is 5.95. The Morgan fingerprint density at radius 3 is 2.74 bits per heavy atom. The largest absolute Gasteiger partial charge is 0.480 e. The van der Waals surface area contributed by atoms with E-state index in [9.17, 15) is 14.4 Å². The molecule has 1 aromatic heterocycles. The van der Waals surface area contributed by atoms with Crippen LogP contribution in [0.5, 0.6) is 0 Å². The number of nitrogens with zero attached hydrogens (tertiary/aromatic N) is 2. The van der Waals surface area contributed by atoms with Gasteiger partial charge in [0.2, 0.25) is 11.8 Å². The molecule has 4 N–H and O–H groups in total. The van der Waals surface area contributed by atoms with Gasteiger partial charge in [-0.05, 0) is 12.1 Å². The van der Waals surface area contributed by atoms with Crippen LogP contribution >= 0.6 is 0 Å². The minimum absolute atomic E-state index is 0.458. The van der Waals surface area contributed by atoms with Gasteiger partial charge in [0, 0.05) is 19.3 Å². The van der Waals surface area contributed by atoms with Crippen molar-refractivity contribution in [2.24, 2.45) is 12.8 Å². The highest BCUT2D eigenvalue weighted by Gasteiger charge is 2.20. The molecule has 1 heterocycles. The third kappa shape index (κ3) is 4.62. The Morgan fingerprint density at radius 1 is 1.58 bits per heavy atom. The quantitative estimate of drug-likeness (QED) is 0.562. The molecular weight excluding hydrogens is 252 g/mol. The maximum absolute atomic E-state index is 11.5. The van der Waals surface area contributed by atoms with Gasteiger partial charge in [0.15, 0.2) is 0 Å². The lowest BCUT2D eigenvalue weighted by atomic mass is 10.2. The van der Waals surface area contributed by atoms with Crippen LogP contribution in [0.2, 0.25) is 0 Å². The average Bonchev–Trinajstić information content (AvgIpc) is 2.70. The Kier molecular flexibility index (Phi) is 4.81. The van der Waals surface area contributed by atoms with Gasteiger partial charge in [-0.1, -0.05) is 0 Å². The van der Waals surface area contributed by atoms with Crippen LogP contribution in [0.3, 0.4) is 0 Å². The number of hydrogen-bond acceptors (Lipinski definition) is 4. The summed E-state index contributed by atoms with van der Waals surface area (Å²) in [7, 11) is 1.70. The van der Waals surface area contributed by atoms with E-state index in [1.807, 2.05) is 0 Å². The van der Waals surface area contributed by atoms with Crippen LogP contribution in [-0.2, 0) is 21.4 Å². The molecule has 8 nitrogen and oxygen atoms in total. The van der Waals surface area contributed by atoms with Crippen LogP contribution in [-0.4, -0.2) is 38.7 Å². The molecule has 0 saturated heterocycles. The number of primary amides is 1. The first-order valence-corrected chi connectivity index (χ1v) is 5.38. The summed E-state index contributed by atoms with van der Waals surface area (Å²) >= 11 is 0. The molecule has 0 saturated carbocycles. The van der Waals surface area contributed by atoms with Crippen molar-refractivity contribution in [3.05, 3.63) is 24.0 Å². The smallest absolute Gasteiger partial charge is 0.326 e. The maximum Gasteiger partial charge on any atom is 0.326 e. The number of amides is 2. The fraction of sp³-hybridized carbons (Fsp3) is 0.273. The number of nitrogens with one attached hydrogen (secondary N) is 1. The summed E-state index contributed by atoms with van der Waals surface area (Å²) in [6, 6.07) is 0.350. The lowest BCUT2D eigenvalue weighted by Crippen LogP contribution is -2.42. The van der Waals surface area contributed by atoms with Crippen molar-refractivity contribution < 1.29 is 19.5 Å². The van der Waals surface area contributed by atoms with E-state index in [1.54, 1.807) is 24.0 Å². The van der Waals surface area contributed by atoms with Crippen molar-refractivity contribution in [1.82, 2.24) is 15.1 Å². The third-order valence-electron chi connectivity index (χ3n) is 2.28. The Morgan fingerprint density at radius 2 is 2.26 bits per heavy atom. The van der Waals surface area contributed by atoms with Gasteiger partial charge >= 0.3 is 5.97 Å². The summed E-state index contributed by atoms with van der Waals surface area (Å²) in [5.74, 6) is -2.75. The number of carbonyl (C=O) groups excluding carboxylic acids is 2. The standard InChI is InChI=1S/C11H14N4O4/c1-15-7(4-5-13-15)2-3-10(17)14-8(11(18)19)6-9(12)16/h2-5,8H,6H2,1H3,(H2,12,16)(H,14,17)(H,18,19)/b3-2+/t8-/m1/s1. The Labute approximate surface area is 108 Å². The number of rotatable bonds is 6. The molecule has 1 atom stereocenters. The molecule has 0 aliphatic rings. The van der Waals surface area contributed by atoms with Crippen molar-refractivity contribution in [3.8, 4) is 0 Å². The highest BCUT2D eigenvalue weighted by Crippen LogP contribution is 1.99. The minimum atomic E-state index is -1.33. The molecule has 0 aliphatic carbocycles. The molecule has 8 heteroatoms. The average molecular weight is 266 g/mol. The lowest BCUT2D eigenvalue weighted by Gasteiger charge is -2.10. The number of nitrogens with two attached hydrogens (primary N) is 1. The Balaban J connectivity index is 2.63. The van der Waals surface area contributed by atoms with E-state index in [1.165, 1.54) is 6.08 Å². The molecule has 0 bridgehead atoms. The van der Waals surface area contributed by atoms with E-state index < -0.39 is 30.2 Å². The molecule has 1 rings (SSSR count). The lowest BCUT2D eigenvalue weighted by molar-refractivity contribution is -0.142. The second kappa shape index (κ2) is 6.34. The van der Waals surface area contributed by atoms with Crippen LogP contribution < -0.4 is 11.1 Å². The summed E-state index contributed by atoms with van der Waals surface area (Å²) in [6.45, 7) is 0. The van der Waals surface area contributed by atoms with Crippen LogP contribution in [0.1, 0.15) is 12.1 Å². The summed E-state index contributed by atoms with van der Waals surface area (Å²) in [6.07, 6.45) is 3.74. The molecule has 0 aliphatic heterocycles. The Bertz CT molecular complexity index is 521. The van der Waals surface area contributed by atoms with E-state index in [4.69, 9.17) is 10.8 Å². The molecule has 2 amide bonds. The first kappa shape index (κ1) is 14.4. The van der Waals surface area contributed by atoms with Gasteiger partial charge in [-0.15, -0.1) is 0 Å². The fourth-order valence-electron chi connectivity index (χ4n) is 1.33. The molecule has 0 unspecified atom stereocenters. The summed E-state index contributed by atoms with van der Waals surface area (Å²) < 4.78 is 1.54. The summed E-state index contributed by atoms with van der Waals surface area (Å²) in [4.78, 5) is 33.0. The van der Waals surface area contributed by atoms with E-state index in [0.717, 1.165) is 6.08 Å². The normalized spacial score (nSPS) is 12.3. The van der Waals surface area contributed by atoms with Crippen molar-refractivity contribution in [2.45, 2.75) is 12.5 Å². The van der Waals surface area contributed by atoms with Crippen molar-refractivity contribution in [3.63, 3.8) is 0 Å². The second-order valence-corrected chi connectivity index (χ2v) is 3.78. The molecule has 0 spiro atoms. The maximum atomic E-state index is 11.5. The van der Waals surface area contributed by atoms with Crippen LogP contribution in [0.25, 0.3) is 6.08 Å². The fourth-order valence-corrected chi connectivity index (χ4v) is 1.33. The van der Waals surface area contributed by atoms with E-state index in [2.05, 4.69) is 10.4 Å². The van der Waals surface area contributed by atoms with E-state index >= 15 is 0 Å². The summed E-state index contributed by atoms with van der Waals surface area (Å²) in [5.41, 5.74) is 5.57. The highest BCUT2D eigenvalue weighted by atomic mass is 16.4. The monoisotopic (exact) mass is 266 g/mol. The van der Waals surface area contributed by atoms with Gasteiger partial charge in [-0.2, -0.15) is 5.10 Å². The van der Waals surface area contributed by atoms with Crippen LogP contribution in [0.4, 0.5) is 0 Å². The number of aromatic nitrogens is 2. The number of aryl methyl sites for hydroxylation is 1. The second-order valence-electron chi connectivity index (χ2n) is 3.78. The molecule has 0 fully saturated rings. The SMILES string of the molecule is Cn1nccc1/C=C/C(=O)N[C@H](CC(N)=O)C(=O)O. The zero-order valence-corrected chi connectivity index (χ0v) is 10.2. The van der Waals surface area contributed by atoms with Gasteiger partial charge < -0.3 is 16.2 Å². The van der Waals surface area contributed by atoms with Gasteiger partial charge in [0.05, 0.1) is 12.1 Å². The van der Waals surface area contributed by atoms with Gasteiger partial charge in [-0.25, -0.2) is 4.79 Å². The number of carboxylic acids is 1. The molecule has 0 aromatic carbocycles. The predicted molar refractivity (Wildman–Crippen MR) is 65.6 cm³/mol. The molecule has 102 valence electrons. The molecule has 0 radical (unpaired) electrons. The number of carbonyl (C=O) groups is 3.